The van der Waals surface area contributed by atoms with Crippen molar-refractivity contribution >= 4 is 11.9 Å². The number of carbonyl (C=O) groups excluding carboxylic acids is 2. The number of benzene rings is 2. The summed E-state index contributed by atoms with van der Waals surface area (Å²) in [5.41, 5.74) is 1.33. The van der Waals surface area contributed by atoms with E-state index in [4.69, 9.17) is 23.7 Å². The lowest BCUT2D eigenvalue weighted by Crippen LogP contribution is -2.60. The number of aromatic hydroxyl groups is 4. The molecule has 15 nitrogen and oxygen atoms in total. The van der Waals surface area contributed by atoms with Crippen molar-refractivity contribution in [3.63, 3.8) is 0 Å². The maximum atomic E-state index is 13.3. The summed E-state index contributed by atoms with van der Waals surface area (Å²) in [6.45, 7) is 0.673. The normalized spacial score (nSPS) is 26.7. The van der Waals surface area contributed by atoms with E-state index < -0.39 is 61.5 Å². The first-order valence-electron chi connectivity index (χ1n) is 14.8. The largest absolute Gasteiger partial charge is 0.504 e. The molecule has 0 aromatic heterocycles. The molecule has 0 bridgehead atoms. The fraction of sp³-hybridized carbons (Fsp3) is 0.438. The number of hydrogen-bond acceptors (Lipinski definition) is 15. The predicted molar refractivity (Wildman–Crippen MR) is 159 cm³/mol. The number of carbonyl (C=O) groups is 2. The molecule has 1 fully saturated rings. The van der Waals surface area contributed by atoms with E-state index in [0.717, 1.165) is 6.26 Å². The number of allylic oxidation sites excluding steroid dienone is 1. The van der Waals surface area contributed by atoms with Gasteiger partial charge in [-0.2, -0.15) is 0 Å². The van der Waals surface area contributed by atoms with Crippen LogP contribution in [-0.2, 0) is 46.1 Å². The second-order valence-electron chi connectivity index (χ2n) is 10.9. The maximum Gasteiger partial charge on any atom is 0.337 e. The summed E-state index contributed by atoms with van der Waals surface area (Å²) >= 11 is 0. The molecular formula is C32H38O15. The number of ether oxygens (including phenoxy) is 5. The Balaban J connectivity index is 1.48. The van der Waals surface area contributed by atoms with Gasteiger partial charge in [-0.05, 0) is 42.3 Å². The highest BCUT2D eigenvalue weighted by molar-refractivity contribution is 5.91. The predicted octanol–water partition coefficient (Wildman–Crippen LogP) is 0.390. The van der Waals surface area contributed by atoms with E-state index in [1.54, 1.807) is 19.1 Å². The zero-order chi connectivity index (χ0) is 34.2. The summed E-state index contributed by atoms with van der Waals surface area (Å²) < 4.78 is 27.7. The Morgan fingerprint density at radius 2 is 1.43 bits per heavy atom. The van der Waals surface area contributed by atoms with E-state index in [1.165, 1.54) is 30.3 Å². The van der Waals surface area contributed by atoms with Crippen LogP contribution >= 0.6 is 0 Å². The van der Waals surface area contributed by atoms with Crippen LogP contribution in [0.15, 0.2) is 59.9 Å². The topological polar surface area (TPSA) is 242 Å². The molecule has 47 heavy (non-hydrogen) atoms. The molecule has 7 atom stereocenters. The van der Waals surface area contributed by atoms with E-state index in [0.29, 0.717) is 11.1 Å². The van der Waals surface area contributed by atoms with Crippen molar-refractivity contribution in [2.24, 2.45) is 5.92 Å². The molecular weight excluding hydrogens is 624 g/mol. The number of aliphatic hydroxyl groups excluding tert-OH is 4. The molecule has 0 saturated carbocycles. The summed E-state index contributed by atoms with van der Waals surface area (Å²) in [4.78, 5) is 26.3. The molecule has 2 aliphatic heterocycles. The van der Waals surface area contributed by atoms with Gasteiger partial charge in [-0.1, -0.05) is 18.2 Å². The Morgan fingerprint density at radius 1 is 0.830 bits per heavy atom. The van der Waals surface area contributed by atoms with Crippen LogP contribution < -0.4 is 0 Å². The minimum absolute atomic E-state index is 0.0688. The molecule has 15 heteroatoms. The van der Waals surface area contributed by atoms with Crippen LogP contribution in [0, 0.1) is 5.92 Å². The molecule has 8 N–H and O–H groups in total. The third kappa shape index (κ3) is 8.71. The Bertz CT molecular complexity index is 1470. The molecule has 0 aliphatic carbocycles. The number of esters is 2. The second-order valence-corrected chi connectivity index (χ2v) is 10.9. The van der Waals surface area contributed by atoms with Crippen LogP contribution in [0.2, 0.25) is 0 Å². The fourth-order valence-electron chi connectivity index (χ4n) is 5.11. The van der Waals surface area contributed by atoms with Gasteiger partial charge in [0.1, 0.15) is 24.4 Å². The first kappa shape index (κ1) is 35.5. The smallest absolute Gasteiger partial charge is 0.337 e. The monoisotopic (exact) mass is 662 g/mol. The van der Waals surface area contributed by atoms with Gasteiger partial charge in [0.2, 0.25) is 6.29 Å². The van der Waals surface area contributed by atoms with E-state index in [9.17, 15) is 50.4 Å². The molecule has 2 aromatic rings. The minimum Gasteiger partial charge on any atom is -0.504 e. The summed E-state index contributed by atoms with van der Waals surface area (Å²) in [5, 5.41) is 78.7. The lowest BCUT2D eigenvalue weighted by Gasteiger charge is -2.42. The highest BCUT2D eigenvalue weighted by atomic mass is 16.8. The zero-order valence-corrected chi connectivity index (χ0v) is 25.3. The van der Waals surface area contributed by atoms with Gasteiger partial charge >= 0.3 is 11.9 Å². The van der Waals surface area contributed by atoms with Crippen LogP contribution in [0.25, 0.3) is 0 Å². The summed E-state index contributed by atoms with van der Waals surface area (Å²) in [7, 11) is 0. The quantitative estimate of drug-likeness (QED) is 0.0871. The van der Waals surface area contributed by atoms with Crippen molar-refractivity contribution in [2.45, 2.75) is 63.2 Å². The van der Waals surface area contributed by atoms with Crippen molar-refractivity contribution in [3.8, 4) is 23.0 Å². The Hall–Kier alpha value is -4.38. The van der Waals surface area contributed by atoms with Crippen molar-refractivity contribution in [1.82, 2.24) is 0 Å². The van der Waals surface area contributed by atoms with Crippen molar-refractivity contribution in [1.29, 1.82) is 0 Å². The van der Waals surface area contributed by atoms with Crippen LogP contribution in [0.4, 0.5) is 0 Å². The second kappa shape index (κ2) is 15.9. The number of hydrogen-bond donors (Lipinski definition) is 8. The molecule has 1 saturated heterocycles. The number of rotatable bonds is 12. The van der Waals surface area contributed by atoms with Gasteiger partial charge < -0.3 is 64.5 Å². The van der Waals surface area contributed by atoms with Gasteiger partial charge in [-0.25, -0.2) is 4.79 Å². The van der Waals surface area contributed by atoms with Gasteiger partial charge in [0.25, 0.3) is 0 Å². The maximum absolute atomic E-state index is 13.3. The van der Waals surface area contributed by atoms with Crippen LogP contribution in [-0.4, -0.2) is 110 Å². The molecule has 2 aromatic carbocycles. The average molecular weight is 663 g/mol. The zero-order valence-electron chi connectivity index (χ0n) is 25.3. The highest BCUT2D eigenvalue weighted by Gasteiger charge is 2.47. The van der Waals surface area contributed by atoms with Crippen LogP contribution in [0.3, 0.4) is 0 Å². The lowest BCUT2D eigenvalue weighted by molar-refractivity contribution is -0.327. The molecule has 2 heterocycles. The van der Waals surface area contributed by atoms with Gasteiger partial charge in [0, 0.05) is 24.3 Å². The van der Waals surface area contributed by atoms with Crippen molar-refractivity contribution in [2.75, 3.05) is 19.8 Å². The Kier molecular flexibility index (Phi) is 12.0. The highest BCUT2D eigenvalue weighted by Crippen LogP contribution is 2.36. The lowest BCUT2D eigenvalue weighted by atomic mass is 9.86. The molecule has 2 aliphatic rings. The molecule has 0 spiro atoms. The number of phenolic OH excluding ortho intramolecular Hbond substituents is 4. The molecule has 0 radical (unpaired) electrons. The molecule has 256 valence electrons. The standard InChI is InChI=1S/C32H38O15/c1-2-18-19(13-26(38)43-9-7-16-3-5-21(34)23(36)11-16)20(30(42)44-10-8-17-4-6-22(35)24(37)12-17)15-45-31(18)47-32-29(41)28(40)27(39)25(14-33)46-32/h2-6,11-12,15,19,25,27-29,31-37,39-41H,7-10,13-14H2,1H3/b18-2-. The van der Waals surface area contributed by atoms with Crippen molar-refractivity contribution < 1.29 is 74.1 Å². The van der Waals surface area contributed by atoms with Gasteiger partial charge in [0.05, 0.1) is 38.1 Å². The van der Waals surface area contributed by atoms with Gasteiger partial charge in [-0.3, -0.25) is 4.79 Å². The Morgan fingerprint density at radius 3 is 1.98 bits per heavy atom. The first-order valence-corrected chi connectivity index (χ1v) is 14.8. The number of phenols is 4. The summed E-state index contributed by atoms with van der Waals surface area (Å²) in [5.74, 6) is -3.82. The summed E-state index contributed by atoms with van der Waals surface area (Å²) in [6, 6.07) is 8.35. The SMILES string of the molecule is C/C=C1\C(OC2OC(CO)C(O)C(O)C2O)OC=C(C(=O)OCCc2ccc(O)c(O)c2)C1CC(=O)OCCc1ccc(O)c(O)c1. The van der Waals surface area contributed by atoms with E-state index in [-0.39, 0.29) is 66.6 Å². The van der Waals surface area contributed by atoms with Crippen LogP contribution in [0.5, 0.6) is 23.0 Å². The van der Waals surface area contributed by atoms with Crippen LogP contribution in [0.1, 0.15) is 24.5 Å². The van der Waals surface area contributed by atoms with E-state index in [1.807, 2.05) is 0 Å². The number of aliphatic hydroxyl groups is 4. The third-order valence-electron chi connectivity index (χ3n) is 7.77. The first-order chi connectivity index (χ1) is 22.4. The van der Waals surface area contributed by atoms with Crippen molar-refractivity contribution in [3.05, 3.63) is 71.0 Å². The Labute approximate surface area is 269 Å². The van der Waals surface area contributed by atoms with Gasteiger partial charge in [0.15, 0.2) is 29.3 Å². The van der Waals surface area contributed by atoms with E-state index in [2.05, 4.69) is 0 Å². The summed E-state index contributed by atoms with van der Waals surface area (Å²) in [6.07, 6.45) is -6.70. The third-order valence-corrected chi connectivity index (χ3v) is 7.77. The molecule has 4 rings (SSSR count). The van der Waals surface area contributed by atoms with Gasteiger partial charge in [-0.15, -0.1) is 0 Å². The molecule has 7 unspecified atom stereocenters. The average Bonchev–Trinajstić information content (AvgIpc) is 3.04. The fourth-order valence-corrected chi connectivity index (χ4v) is 5.11. The van der Waals surface area contributed by atoms with E-state index >= 15 is 0 Å². The minimum atomic E-state index is -1.74. The molecule has 0 amide bonds.